The van der Waals surface area contributed by atoms with Crippen molar-refractivity contribution in [2.45, 2.75) is 23.9 Å². The van der Waals surface area contributed by atoms with E-state index in [1.54, 1.807) is 85.8 Å². The molecule has 2 unspecified atom stereocenters. The van der Waals surface area contributed by atoms with Crippen molar-refractivity contribution in [3.8, 4) is 11.5 Å². The van der Waals surface area contributed by atoms with E-state index < -0.39 is 34.5 Å². The van der Waals surface area contributed by atoms with Gasteiger partial charge in [0.2, 0.25) is 0 Å². The summed E-state index contributed by atoms with van der Waals surface area (Å²) in [6, 6.07) is 25.8. The standard InChI is InChI=1S/C23H23Cl3GeNO4P/c1-18(27(24,25)26)17-22(28-23(29)19-11-5-2-6-12-19)33(30,31-20-13-7-3-8-14-20)32-21-15-9-4-10-16-21/h2-16,18,22H,17H2,1H3,(H,28,29). The third-order valence-electron chi connectivity index (χ3n) is 4.80. The first-order chi connectivity index (χ1) is 15.7. The van der Waals surface area contributed by atoms with Gasteiger partial charge >= 0.3 is 210 Å². The molecule has 0 fully saturated rings. The molecule has 0 saturated carbocycles. The van der Waals surface area contributed by atoms with Gasteiger partial charge in [-0.2, -0.15) is 0 Å². The quantitative estimate of drug-likeness (QED) is 0.197. The average Bonchev–Trinajstić information content (AvgIpc) is 2.79. The van der Waals surface area contributed by atoms with Crippen LogP contribution < -0.4 is 14.4 Å². The fraction of sp³-hybridized carbons (Fsp3) is 0.174. The number of amides is 1. The van der Waals surface area contributed by atoms with Crippen molar-refractivity contribution in [2.24, 2.45) is 0 Å². The summed E-state index contributed by atoms with van der Waals surface area (Å²) >= 11 is 0. The SMILES string of the molecule is C[CH](CC(NC(=O)c1ccccc1)P(=O)(Oc1ccccc1)Oc1ccccc1)[Ge]([Cl])([Cl])[Cl]. The summed E-state index contributed by atoms with van der Waals surface area (Å²) in [4.78, 5) is 13.0. The number of hydrogen-bond acceptors (Lipinski definition) is 4. The Morgan fingerprint density at radius 1 is 0.848 bits per heavy atom. The van der Waals surface area contributed by atoms with E-state index in [0.29, 0.717) is 17.1 Å². The van der Waals surface area contributed by atoms with Crippen LogP contribution in [0.2, 0.25) is 4.75 Å². The molecule has 10 heteroatoms. The molecule has 174 valence electrons. The summed E-state index contributed by atoms with van der Waals surface area (Å²) in [6.45, 7) is 1.77. The van der Waals surface area contributed by atoms with Gasteiger partial charge in [0.15, 0.2) is 0 Å². The fourth-order valence-corrected chi connectivity index (χ4v) is 7.80. The predicted octanol–water partition coefficient (Wildman–Crippen LogP) is 7.53. The third kappa shape index (κ3) is 7.69. The molecule has 1 N–H and O–H groups in total. The van der Waals surface area contributed by atoms with Crippen LogP contribution in [0.15, 0.2) is 91.0 Å². The van der Waals surface area contributed by atoms with Crippen LogP contribution in [0.4, 0.5) is 0 Å². The van der Waals surface area contributed by atoms with Crippen molar-refractivity contribution in [3.05, 3.63) is 96.6 Å². The normalized spacial score (nSPS) is 13.6. The Morgan fingerprint density at radius 2 is 1.27 bits per heavy atom. The van der Waals surface area contributed by atoms with E-state index in [1.807, 2.05) is 12.1 Å². The van der Waals surface area contributed by atoms with Gasteiger partial charge in [0.05, 0.1) is 0 Å². The summed E-state index contributed by atoms with van der Waals surface area (Å²) in [5, 5.41) is 2.82. The number of carbonyl (C=O) groups excluding carboxylic acids is 1. The minimum absolute atomic E-state index is 0.103. The molecule has 3 rings (SSSR count). The molecular formula is C23H23Cl3GeNO4P. The van der Waals surface area contributed by atoms with Crippen molar-refractivity contribution in [2.75, 3.05) is 0 Å². The summed E-state index contributed by atoms with van der Waals surface area (Å²) < 4.78 is 25.8. The summed E-state index contributed by atoms with van der Waals surface area (Å²) in [6.07, 6.45) is 0.103. The topological polar surface area (TPSA) is 64.6 Å². The second-order valence-electron chi connectivity index (χ2n) is 7.38. The number of rotatable bonds is 10. The van der Waals surface area contributed by atoms with E-state index in [1.165, 1.54) is 0 Å². The van der Waals surface area contributed by atoms with Crippen molar-refractivity contribution in [3.63, 3.8) is 0 Å². The number of nitrogens with one attached hydrogen (secondary N) is 1. The maximum atomic E-state index is 14.3. The van der Waals surface area contributed by atoms with Gasteiger partial charge in [-0.25, -0.2) is 0 Å². The zero-order chi connectivity index (χ0) is 23.9. The van der Waals surface area contributed by atoms with Crippen LogP contribution in [0.1, 0.15) is 23.7 Å². The molecule has 2 atom stereocenters. The van der Waals surface area contributed by atoms with E-state index in [4.69, 9.17) is 39.1 Å². The number of hydrogen-bond donors (Lipinski definition) is 1. The first-order valence-corrected chi connectivity index (χ1v) is 21.3. The van der Waals surface area contributed by atoms with Crippen molar-refractivity contribution in [1.82, 2.24) is 5.32 Å². The van der Waals surface area contributed by atoms with Crippen molar-refractivity contribution in [1.29, 1.82) is 0 Å². The van der Waals surface area contributed by atoms with Gasteiger partial charge in [-0.1, -0.05) is 0 Å². The molecule has 0 aromatic heterocycles. The average molecular weight is 587 g/mol. The number of halogens is 3. The van der Waals surface area contributed by atoms with Crippen LogP contribution in [0.3, 0.4) is 0 Å². The van der Waals surface area contributed by atoms with Crippen LogP contribution in [0, 0.1) is 0 Å². The summed E-state index contributed by atoms with van der Waals surface area (Å²) in [7, 11) is 11.1. The van der Waals surface area contributed by atoms with Crippen LogP contribution in [0.5, 0.6) is 11.5 Å². The Kier molecular flexibility index (Phi) is 9.19. The maximum absolute atomic E-state index is 14.3. The molecule has 0 spiro atoms. The van der Waals surface area contributed by atoms with Gasteiger partial charge in [-0.3, -0.25) is 0 Å². The fourth-order valence-electron chi connectivity index (χ4n) is 2.96. The molecule has 0 bridgehead atoms. The number of carbonyl (C=O) groups is 1. The number of benzene rings is 3. The zero-order valence-electron chi connectivity index (χ0n) is 17.7. The van der Waals surface area contributed by atoms with Gasteiger partial charge in [0.1, 0.15) is 0 Å². The molecule has 33 heavy (non-hydrogen) atoms. The first-order valence-electron chi connectivity index (χ1n) is 10.2. The molecule has 0 heterocycles. The van der Waals surface area contributed by atoms with E-state index in [2.05, 4.69) is 5.32 Å². The van der Waals surface area contributed by atoms with E-state index in [9.17, 15) is 9.36 Å². The van der Waals surface area contributed by atoms with Crippen LogP contribution in [-0.2, 0) is 4.57 Å². The van der Waals surface area contributed by atoms with Gasteiger partial charge < -0.3 is 0 Å². The Morgan fingerprint density at radius 3 is 1.70 bits per heavy atom. The summed E-state index contributed by atoms with van der Waals surface area (Å²) in [5.74, 6) is -0.836. The van der Waals surface area contributed by atoms with E-state index >= 15 is 0 Å². The van der Waals surface area contributed by atoms with Crippen LogP contribution in [0.25, 0.3) is 0 Å². The van der Waals surface area contributed by atoms with E-state index in [0.717, 1.165) is 0 Å². The van der Waals surface area contributed by atoms with Gasteiger partial charge in [-0.05, 0) is 0 Å². The Hall–Kier alpha value is -1.63. The van der Waals surface area contributed by atoms with Crippen LogP contribution in [-0.4, -0.2) is 22.2 Å². The first kappa shape index (κ1) is 26.0. The molecule has 0 radical (unpaired) electrons. The summed E-state index contributed by atoms with van der Waals surface area (Å²) in [5.41, 5.74) is 0.400. The molecule has 1 amide bonds. The molecule has 0 aliphatic carbocycles. The molecule has 0 aliphatic rings. The van der Waals surface area contributed by atoms with Crippen molar-refractivity contribution >= 4 is 54.0 Å². The molecule has 3 aromatic rings. The second-order valence-corrected chi connectivity index (χ2v) is 26.1. The third-order valence-corrected chi connectivity index (χ3v) is 15.5. The van der Waals surface area contributed by atoms with Crippen LogP contribution >= 0.6 is 37.6 Å². The number of para-hydroxylation sites is 2. The Balaban J connectivity index is 2.00. The molecular weight excluding hydrogens is 564 g/mol. The van der Waals surface area contributed by atoms with Gasteiger partial charge in [0.25, 0.3) is 0 Å². The zero-order valence-corrected chi connectivity index (χ0v) is 23.0. The second kappa shape index (κ2) is 11.7. The van der Waals surface area contributed by atoms with Gasteiger partial charge in [0, 0.05) is 0 Å². The monoisotopic (exact) mass is 587 g/mol. The molecule has 3 aromatic carbocycles. The molecule has 0 saturated heterocycles. The molecule has 0 aliphatic heterocycles. The van der Waals surface area contributed by atoms with Gasteiger partial charge in [-0.15, -0.1) is 0 Å². The minimum atomic E-state index is -4.05. The Bertz CT molecular complexity index is 1040. The van der Waals surface area contributed by atoms with E-state index in [-0.39, 0.29) is 6.42 Å². The molecule has 5 nitrogen and oxygen atoms in total. The van der Waals surface area contributed by atoms with Crippen molar-refractivity contribution < 1.29 is 18.4 Å². The predicted molar refractivity (Wildman–Crippen MR) is 137 cm³/mol. The Labute approximate surface area is 208 Å².